The molecule has 0 saturated heterocycles. The third-order valence-corrected chi connectivity index (χ3v) is 2.05. The van der Waals surface area contributed by atoms with Gasteiger partial charge >= 0.3 is 0 Å². The number of hydrogen-bond acceptors (Lipinski definition) is 2. The summed E-state index contributed by atoms with van der Waals surface area (Å²) in [5.41, 5.74) is 1.60. The Morgan fingerprint density at radius 1 is 0.875 bits per heavy atom. The Hall–Kier alpha value is -1.43. The molecule has 0 fully saturated rings. The van der Waals surface area contributed by atoms with Crippen molar-refractivity contribution in [2.45, 2.75) is 0 Å². The first-order chi connectivity index (χ1) is 7.36. The van der Waals surface area contributed by atoms with Gasteiger partial charge in [-0.05, 0) is 24.3 Å². The summed E-state index contributed by atoms with van der Waals surface area (Å²) in [7, 11) is 0. The molecule has 1 N–H and O–H groups in total. The SMILES string of the molecule is Oc1ccccc1C=Nc1ccccc1.[Pd]. The van der Waals surface area contributed by atoms with Gasteiger partial charge in [-0.1, -0.05) is 30.3 Å². The van der Waals surface area contributed by atoms with Crippen LogP contribution in [0.4, 0.5) is 5.69 Å². The van der Waals surface area contributed by atoms with Crippen molar-refractivity contribution in [2.75, 3.05) is 0 Å². The smallest absolute Gasteiger partial charge is 0.124 e. The number of hydrogen-bond donors (Lipinski definition) is 1. The monoisotopic (exact) mass is 303 g/mol. The summed E-state index contributed by atoms with van der Waals surface area (Å²) < 4.78 is 0. The topological polar surface area (TPSA) is 32.6 Å². The van der Waals surface area contributed by atoms with Gasteiger partial charge in [0.25, 0.3) is 0 Å². The molecule has 0 aliphatic carbocycles. The van der Waals surface area contributed by atoms with Gasteiger partial charge in [0, 0.05) is 32.2 Å². The second-order valence-electron chi connectivity index (χ2n) is 3.15. The summed E-state index contributed by atoms with van der Waals surface area (Å²) in [6, 6.07) is 16.7. The Kier molecular flexibility index (Phi) is 4.91. The fraction of sp³-hybridized carbons (Fsp3) is 0. The average molecular weight is 304 g/mol. The number of aromatic hydroxyl groups is 1. The average Bonchev–Trinajstić information content (AvgIpc) is 2.29. The number of rotatable bonds is 2. The van der Waals surface area contributed by atoms with Crippen molar-refractivity contribution in [2.24, 2.45) is 4.99 Å². The van der Waals surface area contributed by atoms with E-state index in [0.29, 0.717) is 0 Å². The van der Waals surface area contributed by atoms with E-state index < -0.39 is 0 Å². The number of nitrogens with zero attached hydrogens (tertiary/aromatic N) is 1. The first kappa shape index (κ1) is 12.6. The van der Waals surface area contributed by atoms with Crippen LogP contribution in [0, 0.1) is 0 Å². The Bertz CT molecular complexity index is 468. The minimum atomic E-state index is 0. The fourth-order valence-electron chi connectivity index (χ4n) is 1.25. The molecule has 2 nitrogen and oxygen atoms in total. The van der Waals surface area contributed by atoms with E-state index in [2.05, 4.69) is 4.99 Å². The van der Waals surface area contributed by atoms with Crippen molar-refractivity contribution in [3.05, 3.63) is 60.2 Å². The molecule has 2 aromatic carbocycles. The van der Waals surface area contributed by atoms with Crippen LogP contribution >= 0.6 is 0 Å². The van der Waals surface area contributed by atoms with Gasteiger partial charge in [0.15, 0.2) is 0 Å². The molecule has 0 unspecified atom stereocenters. The van der Waals surface area contributed by atoms with Gasteiger partial charge in [0.1, 0.15) is 5.75 Å². The third kappa shape index (κ3) is 3.30. The molecule has 2 aromatic rings. The molecule has 0 aliphatic rings. The van der Waals surface area contributed by atoms with E-state index in [-0.39, 0.29) is 26.2 Å². The van der Waals surface area contributed by atoms with E-state index in [1.807, 2.05) is 42.5 Å². The van der Waals surface area contributed by atoms with Gasteiger partial charge in [-0.25, -0.2) is 0 Å². The standard InChI is InChI=1S/C13H11NO.Pd/c15-13-9-5-4-6-11(13)10-14-12-7-2-1-3-8-12;/h1-10,15H;. The Labute approximate surface area is 108 Å². The molecule has 0 bridgehead atoms. The first-order valence-corrected chi connectivity index (χ1v) is 4.73. The van der Waals surface area contributed by atoms with E-state index in [4.69, 9.17) is 0 Å². The van der Waals surface area contributed by atoms with Crippen LogP contribution in [-0.2, 0) is 20.4 Å². The number of aliphatic imine (C=N–C) groups is 1. The summed E-state index contributed by atoms with van der Waals surface area (Å²) in [5, 5.41) is 9.50. The van der Waals surface area contributed by atoms with Crippen molar-refractivity contribution >= 4 is 11.9 Å². The van der Waals surface area contributed by atoms with Crippen molar-refractivity contribution in [1.82, 2.24) is 0 Å². The van der Waals surface area contributed by atoms with Crippen LogP contribution in [0.5, 0.6) is 5.75 Å². The first-order valence-electron chi connectivity index (χ1n) is 4.73. The van der Waals surface area contributed by atoms with Crippen molar-refractivity contribution < 1.29 is 25.5 Å². The van der Waals surface area contributed by atoms with Crippen LogP contribution in [0.25, 0.3) is 0 Å². The van der Waals surface area contributed by atoms with Crippen LogP contribution in [-0.4, -0.2) is 11.3 Å². The molecule has 0 spiro atoms. The van der Waals surface area contributed by atoms with Gasteiger partial charge in [-0.15, -0.1) is 0 Å². The number of phenolic OH excluding ortho intramolecular Hbond substituents is 1. The van der Waals surface area contributed by atoms with Gasteiger partial charge in [0.05, 0.1) is 5.69 Å². The van der Waals surface area contributed by atoms with Crippen LogP contribution in [0.2, 0.25) is 0 Å². The predicted molar refractivity (Wildman–Crippen MR) is 61.8 cm³/mol. The second kappa shape index (κ2) is 6.22. The molecule has 0 aromatic heterocycles. The molecule has 0 radical (unpaired) electrons. The van der Waals surface area contributed by atoms with Crippen LogP contribution < -0.4 is 0 Å². The molecular weight excluding hydrogens is 293 g/mol. The van der Waals surface area contributed by atoms with Gasteiger partial charge < -0.3 is 5.11 Å². The molecule has 3 heteroatoms. The van der Waals surface area contributed by atoms with E-state index in [9.17, 15) is 5.11 Å². The maximum absolute atomic E-state index is 9.50. The zero-order chi connectivity index (χ0) is 10.5. The Morgan fingerprint density at radius 3 is 2.19 bits per heavy atom. The predicted octanol–water partition coefficient (Wildman–Crippen LogP) is 3.14. The molecule has 16 heavy (non-hydrogen) atoms. The van der Waals surface area contributed by atoms with E-state index in [1.54, 1.807) is 18.3 Å². The molecule has 2 rings (SSSR count). The second-order valence-corrected chi connectivity index (χ2v) is 3.15. The van der Waals surface area contributed by atoms with Crippen molar-refractivity contribution in [3.63, 3.8) is 0 Å². The Morgan fingerprint density at radius 2 is 1.50 bits per heavy atom. The van der Waals surface area contributed by atoms with Gasteiger partial charge in [-0.2, -0.15) is 0 Å². The van der Waals surface area contributed by atoms with Gasteiger partial charge in [0.2, 0.25) is 0 Å². The van der Waals surface area contributed by atoms with E-state index in [1.165, 1.54) is 0 Å². The molecule has 0 amide bonds. The number of phenols is 1. The minimum Gasteiger partial charge on any atom is -0.507 e. The third-order valence-electron chi connectivity index (χ3n) is 2.05. The van der Waals surface area contributed by atoms with Crippen LogP contribution in [0.1, 0.15) is 5.56 Å². The zero-order valence-corrected chi connectivity index (χ0v) is 10.0. The largest absolute Gasteiger partial charge is 0.507 e. The maximum Gasteiger partial charge on any atom is 0.124 e. The summed E-state index contributed by atoms with van der Waals surface area (Å²) in [6.07, 6.45) is 1.66. The minimum absolute atomic E-state index is 0. The maximum atomic E-state index is 9.50. The Balaban J connectivity index is 0.00000128. The van der Waals surface area contributed by atoms with Crippen LogP contribution in [0.15, 0.2) is 59.6 Å². The summed E-state index contributed by atoms with van der Waals surface area (Å²) in [4.78, 5) is 4.25. The summed E-state index contributed by atoms with van der Waals surface area (Å²) in [6.45, 7) is 0. The summed E-state index contributed by atoms with van der Waals surface area (Å²) >= 11 is 0. The molecule has 84 valence electrons. The van der Waals surface area contributed by atoms with Crippen molar-refractivity contribution in [1.29, 1.82) is 0 Å². The zero-order valence-electron chi connectivity index (χ0n) is 8.48. The van der Waals surface area contributed by atoms with Gasteiger partial charge in [-0.3, -0.25) is 4.99 Å². The van der Waals surface area contributed by atoms with E-state index in [0.717, 1.165) is 11.3 Å². The quantitative estimate of drug-likeness (QED) is 0.671. The van der Waals surface area contributed by atoms with E-state index >= 15 is 0 Å². The molecule has 0 heterocycles. The fourth-order valence-corrected chi connectivity index (χ4v) is 1.25. The molecular formula is C13H11NOPd. The normalized spacial score (nSPS) is 10.0. The molecule has 0 saturated carbocycles. The molecule has 0 aliphatic heterocycles. The number of para-hydroxylation sites is 2. The van der Waals surface area contributed by atoms with Crippen molar-refractivity contribution in [3.8, 4) is 5.75 Å². The number of benzene rings is 2. The summed E-state index contributed by atoms with van der Waals surface area (Å²) in [5.74, 6) is 0.247. The van der Waals surface area contributed by atoms with Crippen LogP contribution in [0.3, 0.4) is 0 Å². The molecule has 0 atom stereocenters.